The summed E-state index contributed by atoms with van der Waals surface area (Å²) in [7, 11) is 3.18. The van der Waals surface area contributed by atoms with Gasteiger partial charge in [0.15, 0.2) is 0 Å². The van der Waals surface area contributed by atoms with E-state index < -0.39 is 0 Å². The Morgan fingerprint density at radius 1 is 1.00 bits per heavy atom. The first kappa shape index (κ1) is 21.6. The Kier molecular flexibility index (Phi) is 6.56. The number of rotatable bonds is 4. The summed E-state index contributed by atoms with van der Waals surface area (Å²) in [6.07, 6.45) is 1.68. The van der Waals surface area contributed by atoms with Crippen molar-refractivity contribution < 1.29 is 14.9 Å². The largest absolute Gasteiger partial charge is 0.495 e. The summed E-state index contributed by atoms with van der Waals surface area (Å²) in [5, 5.41) is 4.88. The zero-order valence-corrected chi connectivity index (χ0v) is 17.0. The molecule has 2 aromatic heterocycles. The lowest BCUT2D eigenvalue weighted by Crippen LogP contribution is -1.99. The molecule has 0 aliphatic heterocycles. The number of H-pyrrole nitrogens is 1. The van der Waals surface area contributed by atoms with E-state index in [0.29, 0.717) is 16.5 Å². The SMILES string of the molecule is COc1cc(OC)c(Nc2cc(C)nc3ccc4nc[nH]c4c23)cc1Cl.Cl.O. The number of methoxy groups -OCH3 is 2. The molecule has 4 rings (SSSR count). The molecule has 2 heterocycles. The van der Waals surface area contributed by atoms with Gasteiger partial charge >= 0.3 is 0 Å². The van der Waals surface area contributed by atoms with Gasteiger partial charge in [-0.25, -0.2) is 4.98 Å². The molecule has 0 fully saturated rings. The lowest BCUT2D eigenvalue weighted by Gasteiger charge is -2.16. The van der Waals surface area contributed by atoms with Crippen molar-refractivity contribution >= 4 is 57.3 Å². The lowest BCUT2D eigenvalue weighted by atomic mass is 10.1. The van der Waals surface area contributed by atoms with Crippen molar-refractivity contribution in [3.63, 3.8) is 0 Å². The summed E-state index contributed by atoms with van der Waals surface area (Å²) >= 11 is 6.30. The van der Waals surface area contributed by atoms with Crippen LogP contribution < -0.4 is 14.8 Å². The van der Waals surface area contributed by atoms with E-state index in [2.05, 4.69) is 20.3 Å². The van der Waals surface area contributed by atoms with Gasteiger partial charge in [0.1, 0.15) is 11.5 Å². The average molecular weight is 423 g/mol. The maximum atomic E-state index is 6.30. The van der Waals surface area contributed by atoms with Gasteiger partial charge in [0.2, 0.25) is 0 Å². The number of fused-ring (bicyclic) bond motifs is 3. The highest BCUT2D eigenvalue weighted by Crippen LogP contribution is 2.39. The minimum Gasteiger partial charge on any atom is -0.495 e. The third kappa shape index (κ3) is 3.64. The number of aromatic amines is 1. The van der Waals surface area contributed by atoms with Crippen molar-refractivity contribution in [2.24, 2.45) is 0 Å². The van der Waals surface area contributed by atoms with Crippen LogP contribution in [0.4, 0.5) is 11.4 Å². The molecule has 9 heteroatoms. The van der Waals surface area contributed by atoms with Crippen LogP contribution in [0.3, 0.4) is 0 Å². The molecule has 4 aromatic rings. The number of aryl methyl sites for hydroxylation is 1. The highest BCUT2D eigenvalue weighted by Gasteiger charge is 2.14. The van der Waals surface area contributed by atoms with Gasteiger partial charge in [-0.05, 0) is 31.2 Å². The molecule has 4 N–H and O–H groups in total. The number of hydrogen-bond donors (Lipinski definition) is 2. The number of ether oxygens (including phenoxy) is 2. The van der Waals surface area contributed by atoms with Crippen LogP contribution in [0, 0.1) is 6.92 Å². The van der Waals surface area contributed by atoms with Gasteiger partial charge in [0.25, 0.3) is 0 Å². The second kappa shape index (κ2) is 8.52. The highest BCUT2D eigenvalue weighted by molar-refractivity contribution is 6.32. The first-order valence-electron chi connectivity index (χ1n) is 8.02. The van der Waals surface area contributed by atoms with Crippen molar-refractivity contribution in [2.75, 3.05) is 19.5 Å². The Hall–Kier alpha value is -2.74. The summed E-state index contributed by atoms with van der Waals surface area (Å²) in [5.74, 6) is 1.19. The second-order valence-electron chi connectivity index (χ2n) is 5.88. The van der Waals surface area contributed by atoms with Crippen LogP contribution in [0.25, 0.3) is 21.9 Å². The standard InChI is InChI=1S/C19H17ClN4O2.ClH.H2O/c1-10-6-15(18-12(23-10)4-5-13-19(18)22-9-21-13)24-14-7-11(20)16(25-2)8-17(14)26-3;;/h4-9H,1-3H3,(H,21,22)(H,23,24);1H;1H2. The predicted molar refractivity (Wildman–Crippen MR) is 115 cm³/mol. The molecule has 0 saturated heterocycles. The van der Waals surface area contributed by atoms with Gasteiger partial charge in [-0.15, -0.1) is 12.4 Å². The molecule has 0 aliphatic rings. The van der Waals surface area contributed by atoms with Crippen molar-refractivity contribution in [1.29, 1.82) is 0 Å². The molecular formula is C19H20Cl2N4O3. The van der Waals surface area contributed by atoms with Crippen molar-refractivity contribution in [3.8, 4) is 11.5 Å². The molecule has 0 unspecified atom stereocenters. The first-order chi connectivity index (χ1) is 12.6. The molecule has 0 spiro atoms. The fourth-order valence-electron chi connectivity index (χ4n) is 3.07. The van der Waals surface area contributed by atoms with Gasteiger partial charge in [0, 0.05) is 17.1 Å². The minimum absolute atomic E-state index is 0. The van der Waals surface area contributed by atoms with Gasteiger partial charge in [0.05, 0.1) is 53.5 Å². The van der Waals surface area contributed by atoms with Crippen molar-refractivity contribution in [1.82, 2.24) is 15.0 Å². The van der Waals surface area contributed by atoms with E-state index in [4.69, 9.17) is 21.1 Å². The topological polar surface area (TPSA) is 104 Å². The van der Waals surface area contributed by atoms with E-state index in [1.807, 2.05) is 25.1 Å². The van der Waals surface area contributed by atoms with Gasteiger partial charge < -0.3 is 25.3 Å². The summed E-state index contributed by atoms with van der Waals surface area (Å²) in [6.45, 7) is 1.96. The normalized spacial score (nSPS) is 10.3. The predicted octanol–water partition coefficient (Wildman–Crippen LogP) is 4.43. The summed E-state index contributed by atoms with van der Waals surface area (Å²) in [4.78, 5) is 12.2. The van der Waals surface area contributed by atoms with Gasteiger partial charge in [-0.3, -0.25) is 4.98 Å². The second-order valence-corrected chi connectivity index (χ2v) is 6.29. The van der Waals surface area contributed by atoms with Crippen LogP contribution in [0.5, 0.6) is 11.5 Å². The Balaban J connectivity index is 0.00000140. The monoisotopic (exact) mass is 422 g/mol. The van der Waals surface area contributed by atoms with E-state index in [1.54, 1.807) is 32.7 Å². The molecule has 28 heavy (non-hydrogen) atoms. The number of benzene rings is 2. The zero-order valence-electron chi connectivity index (χ0n) is 15.5. The van der Waals surface area contributed by atoms with Crippen LogP contribution in [0.2, 0.25) is 5.02 Å². The number of aromatic nitrogens is 3. The van der Waals surface area contributed by atoms with E-state index in [-0.39, 0.29) is 17.9 Å². The molecule has 0 saturated carbocycles. The van der Waals surface area contributed by atoms with Crippen molar-refractivity contribution in [2.45, 2.75) is 6.92 Å². The summed E-state index contributed by atoms with van der Waals surface area (Å²) in [5.41, 5.74) is 5.21. The molecule has 2 aromatic carbocycles. The fourth-order valence-corrected chi connectivity index (χ4v) is 3.31. The Morgan fingerprint density at radius 3 is 2.43 bits per heavy atom. The molecule has 0 radical (unpaired) electrons. The maximum absolute atomic E-state index is 6.30. The van der Waals surface area contributed by atoms with Crippen LogP contribution in [-0.4, -0.2) is 34.6 Å². The number of halogens is 2. The molecule has 0 aliphatic carbocycles. The zero-order chi connectivity index (χ0) is 18.3. The lowest BCUT2D eigenvalue weighted by molar-refractivity contribution is 0.396. The Bertz CT molecular complexity index is 1130. The van der Waals surface area contributed by atoms with Crippen LogP contribution in [0.1, 0.15) is 5.69 Å². The first-order valence-corrected chi connectivity index (χ1v) is 8.40. The minimum atomic E-state index is 0. The van der Waals surface area contributed by atoms with E-state index in [1.165, 1.54) is 0 Å². The number of imidazole rings is 1. The third-order valence-corrected chi connectivity index (χ3v) is 4.53. The number of nitrogens with one attached hydrogen (secondary N) is 2. The van der Waals surface area contributed by atoms with Crippen LogP contribution >= 0.6 is 24.0 Å². The quantitative estimate of drug-likeness (QED) is 0.505. The van der Waals surface area contributed by atoms with E-state index in [0.717, 1.165) is 39.0 Å². The highest BCUT2D eigenvalue weighted by atomic mass is 35.5. The molecule has 0 bridgehead atoms. The fraction of sp³-hybridized carbons (Fsp3) is 0.158. The number of pyridine rings is 1. The molecule has 0 atom stereocenters. The maximum Gasteiger partial charge on any atom is 0.146 e. The van der Waals surface area contributed by atoms with Crippen molar-refractivity contribution in [3.05, 3.63) is 47.4 Å². The third-order valence-electron chi connectivity index (χ3n) is 4.24. The van der Waals surface area contributed by atoms with Gasteiger partial charge in [-0.1, -0.05) is 11.6 Å². The smallest absolute Gasteiger partial charge is 0.146 e. The van der Waals surface area contributed by atoms with Crippen LogP contribution in [0.15, 0.2) is 36.7 Å². The summed E-state index contributed by atoms with van der Waals surface area (Å²) < 4.78 is 10.8. The average Bonchev–Trinajstić information content (AvgIpc) is 3.10. The number of anilines is 2. The molecule has 0 amide bonds. The van der Waals surface area contributed by atoms with E-state index >= 15 is 0 Å². The van der Waals surface area contributed by atoms with Crippen LogP contribution in [-0.2, 0) is 0 Å². The molecular weight excluding hydrogens is 403 g/mol. The Labute approximate surface area is 172 Å². The number of nitrogens with zero attached hydrogens (tertiary/aromatic N) is 2. The molecule has 148 valence electrons. The Morgan fingerprint density at radius 2 is 1.71 bits per heavy atom. The van der Waals surface area contributed by atoms with E-state index in [9.17, 15) is 0 Å². The summed E-state index contributed by atoms with van der Waals surface area (Å²) in [6, 6.07) is 9.45. The number of hydrogen-bond acceptors (Lipinski definition) is 5. The van der Waals surface area contributed by atoms with Gasteiger partial charge in [-0.2, -0.15) is 0 Å². The molecule has 7 nitrogen and oxygen atoms in total.